The second-order valence-electron chi connectivity index (χ2n) is 6.03. The van der Waals surface area contributed by atoms with Crippen molar-refractivity contribution < 1.29 is 12.8 Å². The standard InChI is InChI=1S/C18H17N3O4S/c22-18-7-4-14-13-15(5-6-16(14)25-18)26(23,24)21-11-9-20(10-12-21)17-3-1-2-8-19-17/h1-8,13H,9-12H2. The summed E-state index contributed by atoms with van der Waals surface area (Å²) in [5.74, 6) is 0.852. The first-order chi connectivity index (χ1) is 12.5. The average Bonchev–Trinajstić information content (AvgIpc) is 2.68. The van der Waals surface area contributed by atoms with Gasteiger partial charge in [0.2, 0.25) is 10.0 Å². The molecule has 0 N–H and O–H groups in total. The lowest BCUT2D eigenvalue weighted by Crippen LogP contribution is -2.48. The number of benzene rings is 1. The van der Waals surface area contributed by atoms with E-state index in [4.69, 9.17) is 4.42 Å². The fraction of sp³-hybridized carbons (Fsp3) is 0.222. The van der Waals surface area contributed by atoms with Crippen molar-refractivity contribution in [2.45, 2.75) is 4.90 Å². The molecule has 4 rings (SSSR count). The van der Waals surface area contributed by atoms with Crippen molar-refractivity contribution in [2.75, 3.05) is 31.1 Å². The average molecular weight is 371 g/mol. The number of pyridine rings is 1. The lowest BCUT2D eigenvalue weighted by atomic mass is 10.2. The molecule has 0 bridgehead atoms. The Bertz CT molecular complexity index is 1090. The molecule has 0 spiro atoms. The Labute approximate surface area is 150 Å². The lowest BCUT2D eigenvalue weighted by molar-refractivity contribution is 0.384. The van der Waals surface area contributed by atoms with Gasteiger partial charge < -0.3 is 9.32 Å². The third-order valence-electron chi connectivity index (χ3n) is 4.44. The molecule has 0 amide bonds. The van der Waals surface area contributed by atoms with Gasteiger partial charge in [0, 0.05) is 43.8 Å². The number of sulfonamides is 1. The van der Waals surface area contributed by atoms with Crippen LogP contribution in [0.2, 0.25) is 0 Å². The summed E-state index contributed by atoms with van der Waals surface area (Å²) >= 11 is 0. The van der Waals surface area contributed by atoms with E-state index in [9.17, 15) is 13.2 Å². The van der Waals surface area contributed by atoms with E-state index in [1.165, 1.54) is 22.5 Å². The van der Waals surface area contributed by atoms with Gasteiger partial charge in [-0.15, -0.1) is 0 Å². The van der Waals surface area contributed by atoms with Crippen LogP contribution in [0.1, 0.15) is 0 Å². The van der Waals surface area contributed by atoms with Crippen molar-refractivity contribution >= 4 is 26.8 Å². The van der Waals surface area contributed by atoms with E-state index in [0.29, 0.717) is 37.1 Å². The molecule has 134 valence electrons. The minimum atomic E-state index is -3.60. The monoisotopic (exact) mass is 371 g/mol. The number of rotatable bonds is 3. The van der Waals surface area contributed by atoms with Gasteiger partial charge in [0.15, 0.2) is 0 Å². The molecule has 0 saturated carbocycles. The summed E-state index contributed by atoms with van der Waals surface area (Å²) in [4.78, 5) is 17.8. The molecule has 1 fully saturated rings. The number of hydrogen-bond donors (Lipinski definition) is 0. The van der Waals surface area contributed by atoms with Crippen LogP contribution >= 0.6 is 0 Å². The number of hydrogen-bond acceptors (Lipinski definition) is 6. The van der Waals surface area contributed by atoms with Crippen LogP contribution in [0, 0.1) is 0 Å². The molecule has 0 atom stereocenters. The molecular formula is C18H17N3O4S. The number of anilines is 1. The summed E-state index contributed by atoms with van der Waals surface area (Å²) in [6.07, 6.45) is 1.73. The van der Waals surface area contributed by atoms with Crippen LogP contribution in [-0.2, 0) is 10.0 Å². The zero-order valence-corrected chi connectivity index (χ0v) is 14.7. The van der Waals surface area contributed by atoms with E-state index in [0.717, 1.165) is 5.82 Å². The van der Waals surface area contributed by atoms with E-state index in [-0.39, 0.29) is 4.90 Å². The highest BCUT2D eigenvalue weighted by Gasteiger charge is 2.29. The predicted molar refractivity (Wildman–Crippen MR) is 97.7 cm³/mol. The minimum absolute atomic E-state index is 0.199. The highest BCUT2D eigenvalue weighted by molar-refractivity contribution is 7.89. The van der Waals surface area contributed by atoms with Crippen molar-refractivity contribution in [2.24, 2.45) is 0 Å². The van der Waals surface area contributed by atoms with Crippen molar-refractivity contribution in [3.05, 3.63) is 65.1 Å². The topological polar surface area (TPSA) is 83.7 Å². The van der Waals surface area contributed by atoms with Gasteiger partial charge in [-0.3, -0.25) is 0 Å². The van der Waals surface area contributed by atoms with Crippen molar-refractivity contribution in [1.82, 2.24) is 9.29 Å². The first kappa shape index (κ1) is 16.7. The second kappa shape index (κ2) is 6.54. The summed E-state index contributed by atoms with van der Waals surface area (Å²) in [6.45, 7) is 1.94. The first-order valence-electron chi connectivity index (χ1n) is 8.24. The van der Waals surface area contributed by atoms with E-state index in [1.807, 2.05) is 18.2 Å². The van der Waals surface area contributed by atoms with E-state index in [2.05, 4.69) is 9.88 Å². The Hall–Kier alpha value is -2.71. The van der Waals surface area contributed by atoms with E-state index >= 15 is 0 Å². The molecule has 0 aliphatic carbocycles. The maximum absolute atomic E-state index is 12.9. The minimum Gasteiger partial charge on any atom is -0.423 e. The van der Waals surface area contributed by atoms with E-state index < -0.39 is 15.6 Å². The highest BCUT2D eigenvalue weighted by Crippen LogP contribution is 2.23. The molecule has 0 radical (unpaired) electrons. The molecule has 8 heteroatoms. The van der Waals surface area contributed by atoms with Gasteiger partial charge in [0.25, 0.3) is 0 Å². The van der Waals surface area contributed by atoms with Crippen LogP contribution in [0.25, 0.3) is 11.0 Å². The molecule has 1 aliphatic rings. The van der Waals surface area contributed by atoms with Gasteiger partial charge >= 0.3 is 5.63 Å². The highest BCUT2D eigenvalue weighted by atomic mass is 32.2. The van der Waals surface area contributed by atoms with Crippen molar-refractivity contribution in [3.8, 4) is 0 Å². The Morgan fingerprint density at radius 1 is 0.962 bits per heavy atom. The molecule has 0 unspecified atom stereocenters. The predicted octanol–water partition coefficient (Wildman–Crippen LogP) is 1.70. The van der Waals surface area contributed by atoms with Crippen LogP contribution < -0.4 is 10.5 Å². The molecule has 1 aromatic carbocycles. The zero-order valence-electron chi connectivity index (χ0n) is 13.9. The van der Waals surface area contributed by atoms with E-state index in [1.54, 1.807) is 18.3 Å². The molecular weight excluding hydrogens is 354 g/mol. The summed E-state index contributed by atoms with van der Waals surface area (Å²) in [5.41, 5.74) is -0.0878. The number of fused-ring (bicyclic) bond motifs is 1. The second-order valence-corrected chi connectivity index (χ2v) is 7.97. The Morgan fingerprint density at radius 2 is 1.77 bits per heavy atom. The Kier molecular flexibility index (Phi) is 4.21. The fourth-order valence-electron chi connectivity index (χ4n) is 3.06. The zero-order chi connectivity index (χ0) is 18.1. The van der Waals surface area contributed by atoms with Gasteiger partial charge in [0.1, 0.15) is 11.4 Å². The van der Waals surface area contributed by atoms with Crippen LogP contribution in [0.4, 0.5) is 5.82 Å². The SMILES string of the molecule is O=c1ccc2cc(S(=O)(=O)N3CCN(c4ccccn4)CC3)ccc2o1. The largest absolute Gasteiger partial charge is 0.423 e. The Morgan fingerprint density at radius 3 is 2.50 bits per heavy atom. The number of aromatic nitrogens is 1. The third kappa shape index (κ3) is 3.09. The fourth-order valence-corrected chi connectivity index (χ4v) is 4.52. The molecule has 7 nitrogen and oxygen atoms in total. The summed E-state index contributed by atoms with van der Waals surface area (Å²) < 4.78 is 32.4. The molecule has 3 heterocycles. The van der Waals surface area contributed by atoms with Crippen LogP contribution in [0.15, 0.2) is 68.8 Å². The van der Waals surface area contributed by atoms with Crippen LogP contribution in [0.5, 0.6) is 0 Å². The van der Waals surface area contributed by atoms with Crippen molar-refractivity contribution in [3.63, 3.8) is 0 Å². The quantitative estimate of drug-likeness (QED) is 0.652. The smallest absolute Gasteiger partial charge is 0.336 e. The lowest BCUT2D eigenvalue weighted by Gasteiger charge is -2.34. The summed E-state index contributed by atoms with van der Waals surface area (Å²) in [5, 5.41) is 0.581. The maximum atomic E-state index is 12.9. The molecule has 1 aliphatic heterocycles. The first-order valence-corrected chi connectivity index (χ1v) is 9.68. The van der Waals surface area contributed by atoms with Gasteiger partial charge in [-0.25, -0.2) is 18.2 Å². The molecule has 2 aromatic heterocycles. The van der Waals surface area contributed by atoms with Gasteiger partial charge in [-0.1, -0.05) is 6.07 Å². The van der Waals surface area contributed by atoms with Gasteiger partial charge in [0.05, 0.1) is 4.90 Å². The van der Waals surface area contributed by atoms with Crippen molar-refractivity contribution in [1.29, 1.82) is 0 Å². The summed E-state index contributed by atoms with van der Waals surface area (Å²) in [7, 11) is -3.60. The van der Waals surface area contributed by atoms with Gasteiger partial charge in [-0.2, -0.15) is 4.31 Å². The maximum Gasteiger partial charge on any atom is 0.336 e. The molecule has 1 saturated heterocycles. The Balaban J connectivity index is 1.56. The number of piperazine rings is 1. The third-order valence-corrected chi connectivity index (χ3v) is 6.34. The van der Waals surface area contributed by atoms with Crippen LogP contribution in [-0.4, -0.2) is 43.9 Å². The summed E-state index contributed by atoms with van der Waals surface area (Å²) in [6, 6.07) is 13.1. The van der Waals surface area contributed by atoms with Crippen LogP contribution in [0.3, 0.4) is 0 Å². The normalized spacial score (nSPS) is 16.1. The van der Waals surface area contributed by atoms with Gasteiger partial charge in [-0.05, 0) is 36.4 Å². The number of nitrogens with zero attached hydrogens (tertiary/aromatic N) is 3. The molecule has 26 heavy (non-hydrogen) atoms. The molecule has 3 aromatic rings.